The van der Waals surface area contributed by atoms with E-state index in [1.54, 1.807) is 12.1 Å². The summed E-state index contributed by atoms with van der Waals surface area (Å²) >= 11 is 0. The molecule has 0 saturated carbocycles. The molecule has 27 heavy (non-hydrogen) atoms. The summed E-state index contributed by atoms with van der Waals surface area (Å²) in [6.07, 6.45) is -2.77. The molecule has 6 nitrogen and oxygen atoms in total. The Labute approximate surface area is 154 Å². The molecular formula is C18H19F3N2O4. The van der Waals surface area contributed by atoms with Gasteiger partial charge < -0.3 is 19.5 Å². The summed E-state index contributed by atoms with van der Waals surface area (Å²) in [5.41, 5.74) is 0.835. The van der Waals surface area contributed by atoms with Gasteiger partial charge >= 0.3 is 6.18 Å². The quantitative estimate of drug-likeness (QED) is 0.758. The maximum atomic E-state index is 12.3. The number of hydrogen-bond donors (Lipinski definition) is 1. The van der Waals surface area contributed by atoms with Crippen molar-refractivity contribution in [3.05, 3.63) is 47.7 Å². The number of nitrogens with zero attached hydrogens (tertiary/aromatic N) is 1. The highest BCUT2D eigenvalue weighted by Crippen LogP contribution is 2.27. The Morgan fingerprint density at radius 3 is 2.56 bits per heavy atom. The number of rotatable bonds is 8. The number of hydrogen-bond acceptors (Lipinski definition) is 5. The van der Waals surface area contributed by atoms with Crippen LogP contribution < -0.4 is 19.5 Å². The van der Waals surface area contributed by atoms with Crippen LogP contribution in [0, 0.1) is 0 Å². The average Bonchev–Trinajstić information content (AvgIpc) is 2.65. The van der Waals surface area contributed by atoms with Crippen molar-refractivity contribution in [2.45, 2.75) is 12.6 Å². The Kier molecular flexibility index (Phi) is 6.86. The Hall–Kier alpha value is -2.97. The topological polar surface area (TPSA) is 69.7 Å². The third-order valence-corrected chi connectivity index (χ3v) is 3.54. The molecule has 0 spiro atoms. The van der Waals surface area contributed by atoms with E-state index in [0.29, 0.717) is 17.9 Å². The summed E-state index contributed by atoms with van der Waals surface area (Å²) in [4.78, 5) is 15.9. The van der Waals surface area contributed by atoms with Gasteiger partial charge in [0.05, 0.1) is 14.2 Å². The average molecular weight is 384 g/mol. The van der Waals surface area contributed by atoms with Gasteiger partial charge in [0.1, 0.15) is 5.56 Å². The number of carbonyl (C=O) groups is 1. The first kappa shape index (κ1) is 20.3. The molecule has 1 aromatic heterocycles. The molecule has 0 bridgehead atoms. The summed E-state index contributed by atoms with van der Waals surface area (Å²) in [6.45, 7) is -1.25. The second-order valence-electron chi connectivity index (χ2n) is 5.46. The Bertz CT molecular complexity index is 781. The van der Waals surface area contributed by atoms with Gasteiger partial charge in [-0.15, -0.1) is 0 Å². The first-order chi connectivity index (χ1) is 12.8. The number of halogens is 3. The molecule has 1 heterocycles. The summed E-state index contributed by atoms with van der Waals surface area (Å²) in [7, 11) is 3.05. The molecule has 0 saturated heterocycles. The van der Waals surface area contributed by atoms with Crippen LogP contribution in [-0.4, -0.2) is 44.4 Å². The normalized spacial score (nSPS) is 11.0. The van der Waals surface area contributed by atoms with Gasteiger partial charge in [0.15, 0.2) is 18.1 Å². The van der Waals surface area contributed by atoms with Gasteiger partial charge in [0.25, 0.3) is 5.91 Å². The molecule has 1 N–H and O–H groups in total. The Balaban J connectivity index is 1.96. The van der Waals surface area contributed by atoms with E-state index in [-0.39, 0.29) is 18.0 Å². The number of alkyl halides is 3. The van der Waals surface area contributed by atoms with Crippen molar-refractivity contribution in [3.63, 3.8) is 0 Å². The van der Waals surface area contributed by atoms with Crippen molar-refractivity contribution < 1.29 is 32.2 Å². The molecule has 9 heteroatoms. The molecule has 0 atom stereocenters. The maximum absolute atomic E-state index is 12.3. The molecule has 2 rings (SSSR count). The molecule has 146 valence electrons. The largest absolute Gasteiger partial charge is 0.493 e. The van der Waals surface area contributed by atoms with Gasteiger partial charge in [-0.3, -0.25) is 4.79 Å². The fraction of sp³-hybridized carbons (Fsp3) is 0.333. The van der Waals surface area contributed by atoms with Crippen molar-refractivity contribution in [1.29, 1.82) is 0 Å². The van der Waals surface area contributed by atoms with Crippen LogP contribution in [0.2, 0.25) is 0 Å². The molecule has 0 aliphatic rings. The van der Waals surface area contributed by atoms with Crippen LogP contribution in [0.15, 0.2) is 36.5 Å². The zero-order chi connectivity index (χ0) is 19.9. The van der Waals surface area contributed by atoms with E-state index in [1.807, 2.05) is 6.07 Å². The predicted molar refractivity (Wildman–Crippen MR) is 91.4 cm³/mol. The van der Waals surface area contributed by atoms with Crippen molar-refractivity contribution in [3.8, 4) is 17.4 Å². The van der Waals surface area contributed by atoms with Gasteiger partial charge in [-0.25, -0.2) is 4.98 Å². The van der Waals surface area contributed by atoms with Gasteiger partial charge in [0, 0.05) is 12.7 Å². The highest BCUT2D eigenvalue weighted by molar-refractivity contribution is 5.96. The highest BCUT2D eigenvalue weighted by Gasteiger charge is 2.29. The van der Waals surface area contributed by atoms with E-state index in [0.717, 1.165) is 5.56 Å². The van der Waals surface area contributed by atoms with Crippen molar-refractivity contribution >= 4 is 5.91 Å². The lowest BCUT2D eigenvalue weighted by Crippen LogP contribution is -2.27. The molecule has 2 aromatic rings. The van der Waals surface area contributed by atoms with Gasteiger partial charge in [-0.05, 0) is 36.2 Å². The summed E-state index contributed by atoms with van der Waals surface area (Å²) in [5, 5.41) is 2.64. The monoisotopic (exact) mass is 384 g/mol. The van der Waals surface area contributed by atoms with Crippen LogP contribution in [0.5, 0.6) is 17.4 Å². The minimum absolute atomic E-state index is 0.0611. The molecular weight excluding hydrogens is 365 g/mol. The summed E-state index contributed by atoms with van der Waals surface area (Å²) in [5.74, 6) is 0.225. The lowest BCUT2D eigenvalue weighted by molar-refractivity contribution is -0.154. The Morgan fingerprint density at radius 1 is 1.15 bits per heavy atom. The van der Waals surface area contributed by atoms with E-state index >= 15 is 0 Å². The van der Waals surface area contributed by atoms with Crippen LogP contribution in [0.3, 0.4) is 0 Å². The second kappa shape index (κ2) is 9.11. The van der Waals surface area contributed by atoms with Crippen molar-refractivity contribution in [2.24, 2.45) is 0 Å². The number of pyridine rings is 1. The van der Waals surface area contributed by atoms with E-state index < -0.39 is 18.7 Å². The van der Waals surface area contributed by atoms with Crippen LogP contribution in [0.25, 0.3) is 0 Å². The number of carbonyl (C=O) groups excluding carboxylic acids is 1. The zero-order valence-electron chi connectivity index (χ0n) is 14.8. The fourth-order valence-corrected chi connectivity index (χ4v) is 2.28. The third kappa shape index (κ3) is 6.05. The third-order valence-electron chi connectivity index (χ3n) is 3.54. The number of benzene rings is 1. The molecule has 0 aliphatic carbocycles. The maximum Gasteiger partial charge on any atom is 0.422 e. The highest BCUT2D eigenvalue weighted by atomic mass is 19.4. The predicted octanol–water partition coefficient (Wildman–Crippen LogP) is 3.01. The zero-order valence-corrected chi connectivity index (χ0v) is 14.8. The number of amides is 1. The van der Waals surface area contributed by atoms with Crippen molar-refractivity contribution in [2.75, 3.05) is 27.4 Å². The lowest BCUT2D eigenvalue weighted by Gasteiger charge is -2.12. The standard InChI is InChI=1S/C18H19F3N2O4/c1-25-14-6-5-12(10-15(14)26-2)7-9-22-16(24)13-4-3-8-23-17(13)27-11-18(19,20)21/h3-6,8,10H,7,9,11H2,1-2H3,(H,22,24). The first-order valence-electron chi connectivity index (χ1n) is 7.97. The van der Waals surface area contributed by atoms with Gasteiger partial charge in [0.2, 0.25) is 5.88 Å². The van der Waals surface area contributed by atoms with Crippen LogP contribution in [0.1, 0.15) is 15.9 Å². The van der Waals surface area contributed by atoms with Crippen LogP contribution in [0.4, 0.5) is 13.2 Å². The smallest absolute Gasteiger partial charge is 0.422 e. The molecule has 0 unspecified atom stereocenters. The first-order valence-corrected chi connectivity index (χ1v) is 7.97. The number of nitrogens with one attached hydrogen (secondary N) is 1. The SMILES string of the molecule is COc1ccc(CCNC(=O)c2cccnc2OCC(F)(F)F)cc1OC. The molecule has 0 fully saturated rings. The number of methoxy groups -OCH3 is 2. The van der Waals surface area contributed by atoms with Crippen LogP contribution >= 0.6 is 0 Å². The molecule has 0 aliphatic heterocycles. The number of aromatic nitrogens is 1. The van der Waals surface area contributed by atoms with E-state index in [4.69, 9.17) is 9.47 Å². The fourth-order valence-electron chi connectivity index (χ4n) is 2.28. The van der Waals surface area contributed by atoms with E-state index in [2.05, 4.69) is 15.0 Å². The van der Waals surface area contributed by atoms with Gasteiger partial charge in [-0.2, -0.15) is 13.2 Å². The molecule has 1 aromatic carbocycles. The minimum Gasteiger partial charge on any atom is -0.493 e. The number of ether oxygens (including phenoxy) is 3. The summed E-state index contributed by atoms with van der Waals surface area (Å²) in [6, 6.07) is 8.16. The van der Waals surface area contributed by atoms with Gasteiger partial charge in [-0.1, -0.05) is 6.07 Å². The minimum atomic E-state index is -4.52. The van der Waals surface area contributed by atoms with Crippen molar-refractivity contribution in [1.82, 2.24) is 10.3 Å². The van der Waals surface area contributed by atoms with E-state index in [1.165, 1.54) is 32.5 Å². The molecule has 1 amide bonds. The molecule has 0 radical (unpaired) electrons. The Morgan fingerprint density at radius 2 is 1.89 bits per heavy atom. The van der Waals surface area contributed by atoms with E-state index in [9.17, 15) is 18.0 Å². The summed E-state index contributed by atoms with van der Waals surface area (Å²) < 4.78 is 51.9. The lowest BCUT2D eigenvalue weighted by atomic mass is 10.1. The second-order valence-corrected chi connectivity index (χ2v) is 5.46. The van der Waals surface area contributed by atoms with Crippen LogP contribution in [-0.2, 0) is 6.42 Å².